The normalized spacial score (nSPS) is 12.4. The first-order valence-corrected chi connectivity index (χ1v) is 13.6. The van der Waals surface area contributed by atoms with Crippen LogP contribution in [0, 0.1) is 13.8 Å². The summed E-state index contributed by atoms with van der Waals surface area (Å²) in [6, 6.07) is 39.7. The molecular weight excluding hydrogens is 468 g/mol. The summed E-state index contributed by atoms with van der Waals surface area (Å²) in [4.78, 5) is 0. The lowest BCUT2D eigenvalue weighted by Crippen LogP contribution is -1.91. The van der Waals surface area contributed by atoms with Gasteiger partial charge in [-0.05, 0) is 110 Å². The van der Waals surface area contributed by atoms with Crippen molar-refractivity contribution < 1.29 is 0 Å². The molecule has 0 spiro atoms. The third kappa shape index (κ3) is 4.49. The number of aryl methyl sites for hydroxylation is 2. The largest absolute Gasteiger partial charge is 0.0990 e. The van der Waals surface area contributed by atoms with Crippen LogP contribution in [-0.2, 0) is 0 Å². The Hall–Kier alpha value is -4.68. The summed E-state index contributed by atoms with van der Waals surface area (Å²) >= 11 is 0. The third-order valence-corrected chi connectivity index (χ3v) is 7.88. The maximum absolute atomic E-state index is 4.03. The van der Waals surface area contributed by atoms with Crippen molar-refractivity contribution in [3.05, 3.63) is 156 Å². The zero-order valence-corrected chi connectivity index (χ0v) is 22.8. The topological polar surface area (TPSA) is 0 Å². The second kappa shape index (κ2) is 10.2. The fraction of sp³-hybridized carbons (Fsp3) is 0.0769. The van der Waals surface area contributed by atoms with Crippen LogP contribution in [0.15, 0.2) is 134 Å². The van der Waals surface area contributed by atoms with Crippen LogP contribution in [0.4, 0.5) is 0 Å². The molecule has 0 aliphatic rings. The van der Waals surface area contributed by atoms with Crippen LogP contribution >= 0.6 is 0 Å². The van der Waals surface area contributed by atoms with Crippen LogP contribution in [0.25, 0.3) is 54.6 Å². The van der Waals surface area contributed by atoms with Gasteiger partial charge in [0, 0.05) is 0 Å². The second-order valence-corrected chi connectivity index (χ2v) is 10.4. The number of benzene rings is 6. The van der Waals surface area contributed by atoms with Gasteiger partial charge in [-0.1, -0.05) is 122 Å². The van der Waals surface area contributed by atoms with Gasteiger partial charge in [-0.25, -0.2) is 0 Å². The highest BCUT2D eigenvalue weighted by atomic mass is 14.2. The van der Waals surface area contributed by atoms with Crippen molar-refractivity contribution in [1.29, 1.82) is 0 Å². The molecule has 0 heteroatoms. The average Bonchev–Trinajstić information content (AvgIpc) is 2.97. The van der Waals surface area contributed by atoms with Gasteiger partial charge in [0.2, 0.25) is 0 Å². The van der Waals surface area contributed by atoms with Crippen molar-refractivity contribution in [1.82, 2.24) is 0 Å². The average molecular weight is 501 g/mol. The maximum Gasteiger partial charge on any atom is -0.00928 e. The minimum absolute atomic E-state index is 1.15. The lowest BCUT2D eigenvalue weighted by atomic mass is 9.90. The minimum Gasteiger partial charge on any atom is -0.0990 e. The van der Waals surface area contributed by atoms with Gasteiger partial charge in [-0.3, -0.25) is 0 Å². The van der Waals surface area contributed by atoms with E-state index in [9.17, 15) is 0 Å². The number of rotatable bonds is 5. The van der Waals surface area contributed by atoms with E-state index in [0.717, 1.165) is 5.57 Å². The zero-order chi connectivity index (χ0) is 26.9. The molecule has 0 aliphatic carbocycles. The molecule has 0 atom stereocenters. The molecule has 0 N–H and O–H groups in total. The van der Waals surface area contributed by atoms with E-state index < -0.39 is 0 Å². The molecule has 0 bridgehead atoms. The molecule has 0 aromatic heterocycles. The summed E-state index contributed by atoms with van der Waals surface area (Å²) in [5, 5.41) is 7.74. The standard InChI is InChI=1S/C39H32/c1-5-12-30(23-28(4)29-20-19-27(3)38(24-29)32-14-7-6-13-26(32)2)31-21-22-37-35-17-9-8-15-33(35)34-16-10-11-18-36(34)39(37)25-31/h5-25H,1H2,2-4H3/b28-23+,30-12+. The van der Waals surface area contributed by atoms with E-state index in [1.807, 2.05) is 6.08 Å². The van der Waals surface area contributed by atoms with Gasteiger partial charge < -0.3 is 0 Å². The van der Waals surface area contributed by atoms with Gasteiger partial charge in [0.15, 0.2) is 0 Å². The van der Waals surface area contributed by atoms with Gasteiger partial charge in [0.05, 0.1) is 0 Å². The maximum atomic E-state index is 4.03. The van der Waals surface area contributed by atoms with Crippen LogP contribution in [0.5, 0.6) is 0 Å². The van der Waals surface area contributed by atoms with E-state index >= 15 is 0 Å². The summed E-state index contributed by atoms with van der Waals surface area (Å²) < 4.78 is 0. The lowest BCUT2D eigenvalue weighted by molar-refractivity contribution is 1.39. The Labute approximate surface area is 231 Å². The van der Waals surface area contributed by atoms with Gasteiger partial charge in [-0.15, -0.1) is 0 Å². The monoisotopic (exact) mass is 500 g/mol. The molecular formula is C39H32. The summed E-state index contributed by atoms with van der Waals surface area (Å²) in [5.74, 6) is 0. The van der Waals surface area contributed by atoms with Gasteiger partial charge in [0.25, 0.3) is 0 Å². The number of fused-ring (bicyclic) bond motifs is 6. The molecule has 0 heterocycles. The predicted octanol–water partition coefficient (Wildman–Crippen LogP) is 11.1. The molecule has 0 nitrogen and oxygen atoms in total. The van der Waals surface area contributed by atoms with Crippen molar-refractivity contribution >= 4 is 43.5 Å². The Morgan fingerprint density at radius 3 is 1.72 bits per heavy atom. The van der Waals surface area contributed by atoms with Crippen molar-refractivity contribution in [2.45, 2.75) is 20.8 Å². The minimum atomic E-state index is 1.15. The first-order valence-electron chi connectivity index (χ1n) is 13.6. The van der Waals surface area contributed by atoms with E-state index in [0.29, 0.717) is 0 Å². The molecule has 0 aliphatic heterocycles. The lowest BCUT2D eigenvalue weighted by Gasteiger charge is -2.14. The predicted molar refractivity (Wildman–Crippen MR) is 172 cm³/mol. The number of hydrogen-bond donors (Lipinski definition) is 0. The Morgan fingerprint density at radius 2 is 1.08 bits per heavy atom. The highest BCUT2D eigenvalue weighted by molar-refractivity contribution is 6.25. The van der Waals surface area contributed by atoms with Crippen LogP contribution in [0.1, 0.15) is 29.2 Å². The molecule has 6 rings (SSSR count). The van der Waals surface area contributed by atoms with Gasteiger partial charge >= 0.3 is 0 Å². The first kappa shape index (κ1) is 24.6. The van der Waals surface area contributed by atoms with E-state index in [4.69, 9.17) is 0 Å². The quantitative estimate of drug-likeness (QED) is 0.163. The molecule has 0 unspecified atom stereocenters. The van der Waals surface area contributed by atoms with E-state index in [2.05, 4.69) is 149 Å². The molecule has 0 fully saturated rings. The van der Waals surface area contributed by atoms with E-state index in [1.165, 1.54) is 71.3 Å². The number of allylic oxidation sites excluding steroid dienone is 5. The molecule has 0 saturated heterocycles. The summed E-state index contributed by atoms with van der Waals surface area (Å²) in [6.07, 6.45) is 6.29. The Kier molecular flexibility index (Phi) is 6.47. The highest BCUT2D eigenvalue weighted by Crippen LogP contribution is 2.37. The van der Waals surface area contributed by atoms with E-state index in [-0.39, 0.29) is 0 Å². The van der Waals surface area contributed by atoms with Crippen molar-refractivity contribution in [3.63, 3.8) is 0 Å². The molecule has 6 aromatic carbocycles. The van der Waals surface area contributed by atoms with E-state index in [1.54, 1.807) is 0 Å². The summed E-state index contributed by atoms with van der Waals surface area (Å²) in [7, 11) is 0. The Balaban J connectivity index is 1.49. The number of hydrogen-bond acceptors (Lipinski definition) is 0. The molecule has 39 heavy (non-hydrogen) atoms. The molecule has 0 saturated carbocycles. The SMILES string of the molecule is C=C/C=C(\C=C(/C)c1ccc(C)c(-c2ccccc2C)c1)c1ccc2c3ccccc3c3ccccc3c2c1. The zero-order valence-electron chi connectivity index (χ0n) is 22.8. The Bertz CT molecular complexity index is 1910. The summed E-state index contributed by atoms with van der Waals surface area (Å²) in [6.45, 7) is 10.6. The van der Waals surface area contributed by atoms with Crippen LogP contribution in [-0.4, -0.2) is 0 Å². The Morgan fingerprint density at radius 1 is 0.538 bits per heavy atom. The second-order valence-electron chi connectivity index (χ2n) is 10.4. The third-order valence-electron chi connectivity index (χ3n) is 7.88. The van der Waals surface area contributed by atoms with Gasteiger partial charge in [-0.2, -0.15) is 0 Å². The smallest absolute Gasteiger partial charge is 0.00928 e. The van der Waals surface area contributed by atoms with Gasteiger partial charge in [0.1, 0.15) is 0 Å². The molecule has 0 amide bonds. The van der Waals surface area contributed by atoms with Crippen molar-refractivity contribution in [3.8, 4) is 11.1 Å². The molecule has 0 radical (unpaired) electrons. The fourth-order valence-corrected chi connectivity index (χ4v) is 5.79. The van der Waals surface area contributed by atoms with Crippen LogP contribution in [0.3, 0.4) is 0 Å². The summed E-state index contributed by atoms with van der Waals surface area (Å²) in [5.41, 5.74) is 9.95. The fourth-order valence-electron chi connectivity index (χ4n) is 5.79. The first-order chi connectivity index (χ1) is 19.0. The van der Waals surface area contributed by atoms with Crippen molar-refractivity contribution in [2.75, 3.05) is 0 Å². The van der Waals surface area contributed by atoms with Crippen LogP contribution in [0.2, 0.25) is 0 Å². The highest BCUT2D eigenvalue weighted by Gasteiger charge is 2.11. The van der Waals surface area contributed by atoms with Crippen LogP contribution < -0.4 is 0 Å². The molecule has 188 valence electrons. The molecule has 6 aromatic rings. The van der Waals surface area contributed by atoms with Crippen molar-refractivity contribution in [2.24, 2.45) is 0 Å².